The van der Waals surface area contributed by atoms with E-state index in [1.807, 2.05) is 16.9 Å². The largest absolute Gasteiger partial charge is 0.462 e. The molecule has 22 heavy (non-hydrogen) atoms. The van der Waals surface area contributed by atoms with Gasteiger partial charge in [0.1, 0.15) is 6.10 Å². The zero-order chi connectivity index (χ0) is 15.7. The van der Waals surface area contributed by atoms with Crippen molar-refractivity contribution >= 4 is 5.97 Å². The fourth-order valence-electron chi connectivity index (χ4n) is 4.05. The first-order valence-corrected chi connectivity index (χ1v) is 8.75. The molecule has 0 radical (unpaired) electrons. The van der Waals surface area contributed by atoms with Gasteiger partial charge in [-0.05, 0) is 49.5 Å². The summed E-state index contributed by atoms with van der Waals surface area (Å²) in [6, 6.07) is 2.04. The summed E-state index contributed by atoms with van der Waals surface area (Å²) < 4.78 is 7.94. The number of ether oxygens (including phenoxy) is 1. The molecular formula is C18H28N2O2. The minimum Gasteiger partial charge on any atom is -0.462 e. The first kappa shape index (κ1) is 15.6. The van der Waals surface area contributed by atoms with Crippen molar-refractivity contribution in [3.05, 3.63) is 18.0 Å². The third-order valence-electron chi connectivity index (χ3n) is 5.51. The highest BCUT2D eigenvalue weighted by Crippen LogP contribution is 2.36. The van der Waals surface area contributed by atoms with Gasteiger partial charge in [0.2, 0.25) is 0 Å². The van der Waals surface area contributed by atoms with Gasteiger partial charge >= 0.3 is 5.97 Å². The molecule has 1 aromatic rings. The Morgan fingerprint density at radius 1 is 1.36 bits per heavy atom. The molecule has 1 aliphatic heterocycles. The highest BCUT2D eigenvalue weighted by atomic mass is 16.5. The van der Waals surface area contributed by atoms with Gasteiger partial charge in [-0.15, -0.1) is 0 Å². The van der Waals surface area contributed by atoms with Crippen LogP contribution in [0.5, 0.6) is 0 Å². The molecule has 1 aliphatic carbocycles. The number of nitrogens with zero attached hydrogens (tertiary/aromatic N) is 2. The van der Waals surface area contributed by atoms with E-state index in [1.54, 1.807) is 0 Å². The van der Waals surface area contributed by atoms with Gasteiger partial charge in [-0.2, -0.15) is 5.10 Å². The predicted molar refractivity (Wildman–Crippen MR) is 85.3 cm³/mol. The summed E-state index contributed by atoms with van der Waals surface area (Å²) in [5, 5.41) is 4.30. The summed E-state index contributed by atoms with van der Waals surface area (Å²) in [6.07, 6.45) is 7.21. The van der Waals surface area contributed by atoms with Crippen LogP contribution in [-0.2, 0) is 22.5 Å². The van der Waals surface area contributed by atoms with Crippen molar-refractivity contribution in [2.75, 3.05) is 0 Å². The van der Waals surface area contributed by atoms with Crippen molar-refractivity contribution in [2.24, 2.45) is 23.7 Å². The Kier molecular flexibility index (Phi) is 4.55. The highest BCUT2D eigenvalue weighted by Gasteiger charge is 2.35. The lowest BCUT2D eigenvalue weighted by atomic mass is 9.75. The summed E-state index contributed by atoms with van der Waals surface area (Å²) in [5.41, 5.74) is 1.23. The number of carbonyl (C=O) groups is 1. The number of fused-ring (bicyclic) bond motifs is 1. The Morgan fingerprint density at radius 2 is 2.18 bits per heavy atom. The molecule has 1 aromatic heterocycles. The van der Waals surface area contributed by atoms with Crippen LogP contribution in [0.3, 0.4) is 0 Å². The molecule has 0 amide bonds. The minimum absolute atomic E-state index is 0.00843. The van der Waals surface area contributed by atoms with Crippen LogP contribution in [-0.4, -0.2) is 21.9 Å². The van der Waals surface area contributed by atoms with Crippen molar-refractivity contribution in [1.29, 1.82) is 0 Å². The first-order valence-electron chi connectivity index (χ1n) is 8.75. The summed E-state index contributed by atoms with van der Waals surface area (Å²) >= 11 is 0. The second-order valence-electron chi connectivity index (χ2n) is 7.54. The van der Waals surface area contributed by atoms with Crippen LogP contribution in [0.15, 0.2) is 12.3 Å². The Labute approximate surface area is 133 Å². The molecule has 4 atom stereocenters. The van der Waals surface area contributed by atoms with Gasteiger partial charge in [0.25, 0.3) is 0 Å². The molecule has 4 nitrogen and oxygen atoms in total. The maximum absolute atomic E-state index is 12.6. The van der Waals surface area contributed by atoms with Crippen LogP contribution >= 0.6 is 0 Å². The van der Waals surface area contributed by atoms with E-state index in [9.17, 15) is 4.79 Å². The van der Waals surface area contributed by atoms with Gasteiger partial charge in [-0.25, -0.2) is 0 Å². The summed E-state index contributed by atoms with van der Waals surface area (Å²) in [7, 11) is 0. The molecule has 122 valence electrons. The van der Waals surface area contributed by atoms with Crippen LogP contribution < -0.4 is 0 Å². The summed E-state index contributed by atoms with van der Waals surface area (Å²) in [5.74, 6) is 1.72. The second-order valence-corrected chi connectivity index (χ2v) is 7.54. The number of rotatable bonds is 3. The lowest BCUT2D eigenvalue weighted by Crippen LogP contribution is -2.38. The molecule has 0 N–H and O–H groups in total. The van der Waals surface area contributed by atoms with Gasteiger partial charge in [0.05, 0.1) is 12.5 Å². The summed E-state index contributed by atoms with van der Waals surface area (Å²) in [4.78, 5) is 12.6. The van der Waals surface area contributed by atoms with Crippen LogP contribution in [0, 0.1) is 23.7 Å². The van der Waals surface area contributed by atoms with Crippen molar-refractivity contribution in [3.63, 3.8) is 0 Å². The van der Waals surface area contributed by atoms with E-state index in [1.165, 1.54) is 18.5 Å². The third kappa shape index (κ3) is 3.21. The third-order valence-corrected chi connectivity index (χ3v) is 5.51. The first-order chi connectivity index (χ1) is 10.5. The standard InChI is InChI=1S/C18H28N2O2/c1-12(2)16-7-4-13(3)10-17(16)22-18(21)14-5-6-15-8-9-19-20(15)11-14/h8-9,12-14,16-17H,4-7,10-11H2,1-3H3/t13-,14?,16-,17+/m1/s1. The van der Waals surface area contributed by atoms with E-state index >= 15 is 0 Å². The van der Waals surface area contributed by atoms with E-state index in [2.05, 4.69) is 25.9 Å². The summed E-state index contributed by atoms with van der Waals surface area (Å²) in [6.45, 7) is 7.44. The smallest absolute Gasteiger partial charge is 0.311 e. The molecule has 3 rings (SSSR count). The van der Waals surface area contributed by atoms with Crippen molar-refractivity contribution in [1.82, 2.24) is 9.78 Å². The number of hydrogen-bond donors (Lipinski definition) is 0. The van der Waals surface area contributed by atoms with Gasteiger partial charge < -0.3 is 4.74 Å². The molecule has 0 saturated heterocycles. The number of carbonyl (C=O) groups excluding carboxylic acids is 1. The number of esters is 1. The molecule has 2 heterocycles. The Hall–Kier alpha value is -1.32. The fraction of sp³-hybridized carbons (Fsp3) is 0.778. The quantitative estimate of drug-likeness (QED) is 0.803. The number of aryl methyl sites for hydroxylation is 1. The number of aromatic nitrogens is 2. The van der Waals surface area contributed by atoms with Gasteiger partial charge in [0.15, 0.2) is 0 Å². The van der Waals surface area contributed by atoms with E-state index in [0.29, 0.717) is 24.3 Å². The van der Waals surface area contributed by atoms with Crippen molar-refractivity contribution in [2.45, 2.75) is 65.5 Å². The van der Waals surface area contributed by atoms with E-state index in [0.717, 1.165) is 19.3 Å². The van der Waals surface area contributed by atoms with Gasteiger partial charge in [-0.1, -0.05) is 27.2 Å². The average Bonchev–Trinajstić information content (AvgIpc) is 2.94. The molecule has 4 heteroatoms. The Morgan fingerprint density at radius 3 is 2.95 bits per heavy atom. The number of hydrogen-bond acceptors (Lipinski definition) is 3. The fourth-order valence-corrected chi connectivity index (χ4v) is 4.05. The topological polar surface area (TPSA) is 44.1 Å². The predicted octanol–water partition coefficient (Wildman–Crippen LogP) is 3.45. The van der Waals surface area contributed by atoms with Crippen LogP contribution in [0.25, 0.3) is 0 Å². The molecule has 2 aliphatic rings. The normalized spacial score (nSPS) is 31.8. The van der Waals surface area contributed by atoms with E-state index in [4.69, 9.17) is 4.74 Å². The molecule has 1 saturated carbocycles. The maximum Gasteiger partial charge on any atom is 0.311 e. The lowest BCUT2D eigenvalue weighted by molar-refractivity contribution is -0.162. The monoisotopic (exact) mass is 304 g/mol. The molecule has 0 spiro atoms. The molecule has 0 bridgehead atoms. The molecular weight excluding hydrogens is 276 g/mol. The van der Waals surface area contributed by atoms with Crippen LogP contribution in [0.4, 0.5) is 0 Å². The zero-order valence-corrected chi connectivity index (χ0v) is 14.0. The van der Waals surface area contributed by atoms with Crippen molar-refractivity contribution < 1.29 is 9.53 Å². The molecule has 1 fully saturated rings. The van der Waals surface area contributed by atoms with Crippen molar-refractivity contribution in [3.8, 4) is 0 Å². The molecule has 0 aromatic carbocycles. The van der Waals surface area contributed by atoms with Gasteiger partial charge in [0, 0.05) is 11.9 Å². The minimum atomic E-state index is -0.0301. The Bertz CT molecular complexity index is 523. The lowest BCUT2D eigenvalue weighted by Gasteiger charge is -2.37. The SMILES string of the molecule is CC(C)[C@H]1CC[C@@H](C)C[C@@H]1OC(=O)C1CCc2ccnn2C1. The second kappa shape index (κ2) is 6.43. The van der Waals surface area contributed by atoms with Crippen LogP contribution in [0.2, 0.25) is 0 Å². The van der Waals surface area contributed by atoms with Crippen LogP contribution in [0.1, 0.15) is 52.1 Å². The van der Waals surface area contributed by atoms with Gasteiger partial charge in [-0.3, -0.25) is 9.48 Å². The van der Waals surface area contributed by atoms with E-state index < -0.39 is 0 Å². The maximum atomic E-state index is 12.6. The average molecular weight is 304 g/mol. The van der Waals surface area contributed by atoms with E-state index in [-0.39, 0.29) is 18.0 Å². The Balaban J connectivity index is 1.63. The zero-order valence-electron chi connectivity index (χ0n) is 14.0. The molecule has 1 unspecified atom stereocenters. The highest BCUT2D eigenvalue weighted by molar-refractivity contribution is 5.72.